The summed E-state index contributed by atoms with van der Waals surface area (Å²) in [6.07, 6.45) is 4.50. The molecule has 1 saturated heterocycles. The average Bonchev–Trinajstić information content (AvgIpc) is 3.41. The van der Waals surface area contributed by atoms with Crippen molar-refractivity contribution in [3.63, 3.8) is 0 Å². The summed E-state index contributed by atoms with van der Waals surface area (Å²) in [5.41, 5.74) is 1.98. The fourth-order valence-electron chi connectivity index (χ4n) is 3.59. The lowest BCUT2D eigenvalue weighted by atomic mass is 9.90. The molecule has 1 aliphatic heterocycles. The first-order chi connectivity index (χ1) is 13.8. The van der Waals surface area contributed by atoms with Crippen molar-refractivity contribution in [1.29, 1.82) is 0 Å². The SMILES string of the molecule is CCCNC(=O)N1C[C@@H](c2cccnc2)[C@H](c2nc(-c3ccccc3)no2)C1. The van der Waals surface area contributed by atoms with E-state index in [1.807, 2.05) is 60.5 Å². The topological polar surface area (TPSA) is 84.2 Å². The number of carbonyl (C=O) groups excluding carboxylic acids is 1. The van der Waals surface area contributed by atoms with Crippen LogP contribution in [-0.2, 0) is 0 Å². The third kappa shape index (κ3) is 3.74. The van der Waals surface area contributed by atoms with E-state index in [9.17, 15) is 4.79 Å². The molecule has 3 heterocycles. The standard InChI is InChI=1S/C21H23N5O2/c1-2-10-23-21(27)26-13-17(16-9-6-11-22-12-16)18(14-26)20-24-19(25-28-20)15-7-4-3-5-8-15/h3-9,11-12,17-18H,2,10,13-14H2,1H3,(H,23,27)/t17-,18+/m0/s1. The molecule has 0 unspecified atom stereocenters. The first-order valence-electron chi connectivity index (χ1n) is 9.58. The van der Waals surface area contributed by atoms with Crippen molar-refractivity contribution >= 4 is 6.03 Å². The smallest absolute Gasteiger partial charge is 0.317 e. The van der Waals surface area contributed by atoms with Crippen molar-refractivity contribution in [1.82, 2.24) is 25.3 Å². The molecule has 1 N–H and O–H groups in total. The number of nitrogens with zero attached hydrogens (tertiary/aromatic N) is 4. The highest BCUT2D eigenvalue weighted by atomic mass is 16.5. The number of hydrogen-bond acceptors (Lipinski definition) is 5. The Bertz CT molecular complexity index is 913. The minimum absolute atomic E-state index is 0.0546. The van der Waals surface area contributed by atoms with Crippen molar-refractivity contribution in [3.05, 3.63) is 66.3 Å². The van der Waals surface area contributed by atoms with Crippen LogP contribution in [0.4, 0.5) is 4.79 Å². The van der Waals surface area contributed by atoms with Gasteiger partial charge in [0.2, 0.25) is 11.7 Å². The zero-order valence-corrected chi connectivity index (χ0v) is 15.8. The van der Waals surface area contributed by atoms with E-state index in [4.69, 9.17) is 4.52 Å². The second-order valence-electron chi connectivity index (χ2n) is 6.96. The minimum atomic E-state index is -0.0680. The van der Waals surface area contributed by atoms with E-state index in [0.717, 1.165) is 17.5 Å². The van der Waals surface area contributed by atoms with E-state index in [1.165, 1.54) is 0 Å². The molecule has 144 valence electrons. The summed E-state index contributed by atoms with van der Waals surface area (Å²) in [5.74, 6) is 1.11. The van der Waals surface area contributed by atoms with Crippen LogP contribution in [0.25, 0.3) is 11.4 Å². The zero-order chi connectivity index (χ0) is 19.3. The predicted octanol–water partition coefficient (Wildman–Crippen LogP) is 3.43. The second-order valence-corrected chi connectivity index (χ2v) is 6.96. The lowest BCUT2D eigenvalue weighted by Crippen LogP contribution is -2.38. The van der Waals surface area contributed by atoms with Crippen LogP contribution >= 0.6 is 0 Å². The summed E-state index contributed by atoms with van der Waals surface area (Å²) in [4.78, 5) is 23.2. The number of nitrogens with one attached hydrogen (secondary N) is 1. The summed E-state index contributed by atoms with van der Waals surface area (Å²) in [6.45, 7) is 3.83. The summed E-state index contributed by atoms with van der Waals surface area (Å²) in [5, 5.41) is 7.11. The normalized spacial score (nSPS) is 19.0. The summed E-state index contributed by atoms with van der Waals surface area (Å²) >= 11 is 0. The third-order valence-corrected chi connectivity index (χ3v) is 5.04. The number of rotatable bonds is 5. The molecule has 0 saturated carbocycles. The van der Waals surface area contributed by atoms with Crippen LogP contribution in [0.2, 0.25) is 0 Å². The lowest BCUT2D eigenvalue weighted by Gasteiger charge is -2.16. The van der Waals surface area contributed by atoms with Crippen LogP contribution < -0.4 is 5.32 Å². The van der Waals surface area contributed by atoms with Crippen LogP contribution in [0.3, 0.4) is 0 Å². The molecule has 1 fully saturated rings. The molecular weight excluding hydrogens is 354 g/mol. The molecule has 3 aromatic rings. The first kappa shape index (κ1) is 18.2. The summed E-state index contributed by atoms with van der Waals surface area (Å²) < 4.78 is 5.62. The highest BCUT2D eigenvalue weighted by Crippen LogP contribution is 2.39. The molecule has 4 rings (SSSR count). The summed E-state index contributed by atoms with van der Waals surface area (Å²) in [7, 11) is 0. The largest absolute Gasteiger partial charge is 0.339 e. The van der Waals surface area contributed by atoms with Gasteiger partial charge in [-0.15, -0.1) is 0 Å². The number of urea groups is 1. The fourth-order valence-corrected chi connectivity index (χ4v) is 3.59. The van der Waals surface area contributed by atoms with Gasteiger partial charge in [0.25, 0.3) is 0 Å². The Labute approximate surface area is 163 Å². The molecule has 0 bridgehead atoms. The Morgan fingerprint density at radius 2 is 2.00 bits per heavy atom. The van der Waals surface area contributed by atoms with E-state index in [0.29, 0.717) is 31.3 Å². The Morgan fingerprint density at radius 3 is 2.75 bits per heavy atom. The maximum absolute atomic E-state index is 12.5. The number of likely N-dealkylation sites (tertiary alicyclic amines) is 1. The minimum Gasteiger partial charge on any atom is -0.339 e. The van der Waals surface area contributed by atoms with Crippen molar-refractivity contribution in [3.8, 4) is 11.4 Å². The van der Waals surface area contributed by atoms with Crippen LogP contribution in [0.5, 0.6) is 0 Å². The van der Waals surface area contributed by atoms with Crippen LogP contribution in [-0.4, -0.2) is 45.7 Å². The highest BCUT2D eigenvalue weighted by Gasteiger charge is 2.40. The van der Waals surface area contributed by atoms with E-state index < -0.39 is 0 Å². The Balaban J connectivity index is 1.61. The monoisotopic (exact) mass is 377 g/mol. The van der Waals surface area contributed by atoms with Gasteiger partial charge in [-0.25, -0.2) is 4.79 Å². The van der Waals surface area contributed by atoms with Gasteiger partial charge < -0.3 is 14.7 Å². The molecule has 0 radical (unpaired) electrons. The quantitative estimate of drug-likeness (QED) is 0.736. The third-order valence-electron chi connectivity index (χ3n) is 5.04. The number of carbonyl (C=O) groups is 1. The van der Waals surface area contributed by atoms with Gasteiger partial charge in [-0.1, -0.05) is 48.5 Å². The molecule has 0 spiro atoms. The Morgan fingerprint density at radius 1 is 1.18 bits per heavy atom. The lowest BCUT2D eigenvalue weighted by molar-refractivity contribution is 0.207. The number of amides is 2. The van der Waals surface area contributed by atoms with Gasteiger partial charge in [-0.3, -0.25) is 4.98 Å². The van der Waals surface area contributed by atoms with Gasteiger partial charge in [-0.2, -0.15) is 4.98 Å². The van der Waals surface area contributed by atoms with E-state index in [1.54, 1.807) is 6.20 Å². The number of aromatic nitrogens is 3. The molecule has 2 amide bonds. The van der Waals surface area contributed by atoms with Crippen molar-refractivity contribution in [2.45, 2.75) is 25.2 Å². The van der Waals surface area contributed by atoms with E-state index in [-0.39, 0.29) is 17.9 Å². The molecule has 0 aliphatic carbocycles. The number of benzene rings is 1. The maximum atomic E-state index is 12.5. The molecular formula is C21H23N5O2. The van der Waals surface area contributed by atoms with Gasteiger partial charge in [-0.05, 0) is 18.1 Å². The molecule has 2 atom stereocenters. The van der Waals surface area contributed by atoms with E-state index >= 15 is 0 Å². The van der Waals surface area contributed by atoms with Crippen molar-refractivity contribution < 1.29 is 9.32 Å². The van der Waals surface area contributed by atoms with Crippen LogP contribution in [0.15, 0.2) is 59.4 Å². The molecule has 1 aromatic carbocycles. The number of hydrogen-bond donors (Lipinski definition) is 1. The molecule has 28 heavy (non-hydrogen) atoms. The van der Waals surface area contributed by atoms with Gasteiger partial charge in [0.15, 0.2) is 0 Å². The molecule has 7 nitrogen and oxygen atoms in total. The van der Waals surface area contributed by atoms with Gasteiger partial charge in [0.1, 0.15) is 0 Å². The Hall–Kier alpha value is -3.22. The second kappa shape index (κ2) is 8.21. The zero-order valence-electron chi connectivity index (χ0n) is 15.8. The molecule has 2 aromatic heterocycles. The predicted molar refractivity (Wildman–Crippen MR) is 105 cm³/mol. The maximum Gasteiger partial charge on any atom is 0.317 e. The highest BCUT2D eigenvalue weighted by molar-refractivity contribution is 5.74. The summed E-state index contributed by atoms with van der Waals surface area (Å²) in [6, 6.07) is 13.6. The van der Waals surface area contributed by atoms with E-state index in [2.05, 4.69) is 20.4 Å². The van der Waals surface area contributed by atoms with Crippen LogP contribution in [0, 0.1) is 0 Å². The average molecular weight is 377 g/mol. The van der Waals surface area contributed by atoms with Gasteiger partial charge in [0, 0.05) is 43.5 Å². The molecule has 1 aliphatic rings. The first-order valence-corrected chi connectivity index (χ1v) is 9.58. The number of pyridine rings is 1. The van der Waals surface area contributed by atoms with Gasteiger partial charge >= 0.3 is 6.03 Å². The van der Waals surface area contributed by atoms with Crippen LogP contribution in [0.1, 0.15) is 36.6 Å². The van der Waals surface area contributed by atoms with Gasteiger partial charge in [0.05, 0.1) is 5.92 Å². The van der Waals surface area contributed by atoms with Crippen molar-refractivity contribution in [2.24, 2.45) is 0 Å². The fraction of sp³-hybridized carbons (Fsp3) is 0.333. The Kier molecular flexibility index (Phi) is 5.32. The van der Waals surface area contributed by atoms with Crippen molar-refractivity contribution in [2.75, 3.05) is 19.6 Å². The molecule has 7 heteroatoms.